The van der Waals surface area contributed by atoms with Crippen LogP contribution in [0.2, 0.25) is 0 Å². The number of rotatable bonds is 12. The van der Waals surface area contributed by atoms with Gasteiger partial charge in [-0.25, -0.2) is 9.67 Å². The Morgan fingerprint density at radius 2 is 2.03 bits per heavy atom. The summed E-state index contributed by atoms with van der Waals surface area (Å²) >= 11 is 1.28. The van der Waals surface area contributed by atoms with E-state index in [1.54, 1.807) is 16.8 Å². The third-order valence-corrected chi connectivity index (χ3v) is 7.29. The molecule has 9 heteroatoms. The van der Waals surface area contributed by atoms with E-state index < -0.39 is 12.0 Å². The van der Waals surface area contributed by atoms with Crippen molar-refractivity contribution in [3.63, 3.8) is 0 Å². The van der Waals surface area contributed by atoms with E-state index in [1.165, 1.54) is 11.8 Å². The molecule has 2 saturated carbocycles. The number of carbonyl (C=O) groups excluding carboxylic acids is 1. The second kappa shape index (κ2) is 10.5. The topological polar surface area (TPSA) is 95.1 Å². The van der Waals surface area contributed by atoms with Gasteiger partial charge in [0.1, 0.15) is 18.3 Å². The molecule has 2 aliphatic rings. The molecule has 2 aromatic heterocycles. The van der Waals surface area contributed by atoms with Gasteiger partial charge in [-0.15, -0.1) is 0 Å². The highest BCUT2D eigenvalue weighted by Gasteiger charge is 2.46. The number of carbonyl (C=O) groups is 1. The van der Waals surface area contributed by atoms with Crippen molar-refractivity contribution < 1.29 is 13.9 Å². The molecule has 0 aliphatic heterocycles. The molecule has 0 aromatic carbocycles. The van der Waals surface area contributed by atoms with Crippen molar-refractivity contribution in [3.05, 3.63) is 29.5 Å². The van der Waals surface area contributed by atoms with Gasteiger partial charge < -0.3 is 15.8 Å². The highest BCUT2D eigenvalue weighted by atomic mass is 32.2. The zero-order chi connectivity index (χ0) is 23.5. The summed E-state index contributed by atoms with van der Waals surface area (Å²) in [5.41, 5.74) is 9.04. The Morgan fingerprint density at radius 1 is 1.33 bits per heavy atom. The molecular formula is C24H35FN5O2S+. The molecule has 1 atom stereocenters. The minimum atomic E-state index is -0.634. The Bertz CT molecular complexity index is 977. The predicted octanol–water partition coefficient (Wildman–Crippen LogP) is 3.08. The lowest BCUT2D eigenvalue weighted by molar-refractivity contribution is -0.118. The summed E-state index contributed by atoms with van der Waals surface area (Å²) in [6.45, 7) is 4.87. The fraction of sp³-hybridized carbons (Fsp3) is 0.625. The number of nitrogens with two attached hydrogens (primary N) is 1. The highest BCUT2D eigenvalue weighted by Crippen LogP contribution is 2.50. The first-order chi connectivity index (χ1) is 15.9. The van der Waals surface area contributed by atoms with Gasteiger partial charge in [-0.1, -0.05) is 6.92 Å². The minimum Gasteiger partial charge on any atom is -0.354 e. The second-order valence-corrected chi connectivity index (χ2v) is 10.2. The number of anilines is 1. The summed E-state index contributed by atoms with van der Waals surface area (Å²) in [7, 11) is 0. The van der Waals surface area contributed by atoms with E-state index in [0.717, 1.165) is 48.4 Å². The van der Waals surface area contributed by atoms with Crippen LogP contribution in [0, 0.1) is 30.6 Å². The number of amides is 1. The van der Waals surface area contributed by atoms with E-state index >= 15 is 4.39 Å². The number of nitrogens with one attached hydrogen (secondary N) is 1. The molecule has 0 saturated heterocycles. The van der Waals surface area contributed by atoms with Crippen LogP contribution in [0.25, 0.3) is 11.1 Å². The summed E-state index contributed by atoms with van der Waals surface area (Å²) in [6, 6.07) is 2.72. The Kier molecular flexibility index (Phi) is 7.71. The van der Waals surface area contributed by atoms with Crippen LogP contribution in [0.1, 0.15) is 44.0 Å². The number of hydrogen-bond acceptors (Lipinski definition) is 5. The minimum absolute atomic E-state index is 0.187. The standard InChI is InChI=1S/C24H34FN5O2S/c1-4-18-20(14(2)29-30(18)13-32-11-12-33-3)17-9-10-19(27-23(17)25)28-24(31)22(26)21(15-5-6-15)16-7-8-16/h9-10,15-16,21-22H,4-8,11-13,26H2,1-3H3,(H,27,28,31)/p+1/t22-/m0/s1. The number of hydrogen-bond donors (Lipinski definition) is 2. The number of aromatic nitrogens is 3. The number of aryl methyl sites for hydroxylation is 1. The molecule has 0 spiro atoms. The second-order valence-electron chi connectivity index (χ2n) is 9.14. The lowest BCUT2D eigenvalue weighted by atomic mass is 9.89. The predicted molar refractivity (Wildman–Crippen MR) is 131 cm³/mol. The molecule has 0 radical (unpaired) electrons. The van der Waals surface area contributed by atoms with E-state index in [2.05, 4.69) is 21.7 Å². The Morgan fingerprint density at radius 3 is 2.61 bits per heavy atom. The van der Waals surface area contributed by atoms with Crippen LogP contribution in [0.4, 0.5) is 10.2 Å². The molecular weight excluding hydrogens is 441 g/mol. The normalized spacial score (nSPS) is 16.9. The van der Waals surface area contributed by atoms with Crippen molar-refractivity contribution in [2.24, 2.45) is 23.5 Å². The first-order valence-electron chi connectivity index (χ1n) is 11.9. The van der Waals surface area contributed by atoms with Crippen molar-refractivity contribution in [3.8, 4) is 11.1 Å². The van der Waals surface area contributed by atoms with Crippen LogP contribution in [0.5, 0.6) is 0 Å². The fourth-order valence-electron chi connectivity index (χ4n) is 4.76. The van der Waals surface area contributed by atoms with Gasteiger partial charge in [-0.05, 0) is 80.7 Å². The van der Waals surface area contributed by atoms with Gasteiger partial charge in [0.2, 0.25) is 11.9 Å². The first kappa shape index (κ1) is 24.2. The maximum absolute atomic E-state index is 15.1. The average Bonchev–Trinajstić information content (AvgIpc) is 3.72. The van der Waals surface area contributed by atoms with Crippen molar-refractivity contribution in [1.29, 1.82) is 0 Å². The summed E-state index contributed by atoms with van der Waals surface area (Å²) < 4.78 is 22.6. The van der Waals surface area contributed by atoms with Gasteiger partial charge in [0.15, 0.2) is 0 Å². The zero-order valence-electron chi connectivity index (χ0n) is 19.7. The summed E-state index contributed by atoms with van der Waals surface area (Å²) in [4.78, 5) is 16.8. The Hall–Kier alpha value is -1.97. The first-order valence-corrected chi connectivity index (χ1v) is 13.4. The van der Waals surface area contributed by atoms with Crippen molar-refractivity contribution in [2.45, 2.75) is 58.7 Å². The number of pyridine rings is 1. The van der Waals surface area contributed by atoms with E-state index in [1.807, 2.05) is 13.8 Å². The molecule has 0 bridgehead atoms. The van der Waals surface area contributed by atoms with Gasteiger partial charge in [-0.2, -0.15) is 9.49 Å². The van der Waals surface area contributed by atoms with Crippen LogP contribution in [0.3, 0.4) is 0 Å². The quantitative estimate of drug-likeness (QED) is 0.212. The lowest BCUT2D eigenvalue weighted by Gasteiger charge is -2.22. The van der Waals surface area contributed by atoms with Gasteiger partial charge in [-0.3, -0.25) is 4.79 Å². The fourth-order valence-corrected chi connectivity index (χ4v) is 5.07. The number of nitrogens with zero attached hydrogens (tertiary/aromatic N) is 3. The van der Waals surface area contributed by atoms with E-state index in [4.69, 9.17) is 10.5 Å². The van der Waals surface area contributed by atoms with Crippen LogP contribution < -0.4 is 11.1 Å². The summed E-state index contributed by atoms with van der Waals surface area (Å²) in [6.07, 6.45) is 7.38. The SMILES string of the molecule is CCc1c(-c2ccc(NC(=O)[C@@H](N)C(C3CC3)C3CC3)nc2F)c(C)nn1COCC[SH+]C. The maximum Gasteiger partial charge on any atom is 0.242 e. The van der Waals surface area contributed by atoms with Gasteiger partial charge in [0.25, 0.3) is 0 Å². The van der Waals surface area contributed by atoms with Crippen molar-refractivity contribution in [1.82, 2.24) is 14.8 Å². The monoisotopic (exact) mass is 476 g/mol. The zero-order valence-corrected chi connectivity index (χ0v) is 20.6. The third-order valence-electron chi connectivity index (χ3n) is 6.66. The van der Waals surface area contributed by atoms with E-state index in [-0.39, 0.29) is 17.6 Å². The smallest absolute Gasteiger partial charge is 0.242 e. The van der Waals surface area contributed by atoms with Crippen molar-refractivity contribution >= 4 is 23.5 Å². The highest BCUT2D eigenvalue weighted by molar-refractivity contribution is 7.77. The number of thiol groups is 1. The molecule has 33 heavy (non-hydrogen) atoms. The Labute approximate surface area is 199 Å². The van der Waals surface area contributed by atoms with Crippen LogP contribution in [0.15, 0.2) is 12.1 Å². The third kappa shape index (κ3) is 5.58. The molecule has 0 unspecified atom stereocenters. The van der Waals surface area contributed by atoms with E-state index in [9.17, 15) is 4.79 Å². The molecule has 2 aromatic rings. The van der Waals surface area contributed by atoms with E-state index in [0.29, 0.717) is 37.2 Å². The van der Waals surface area contributed by atoms with Crippen LogP contribution in [-0.2, 0) is 34.4 Å². The Balaban J connectivity index is 1.48. The molecule has 2 fully saturated rings. The average molecular weight is 477 g/mol. The molecule has 1 amide bonds. The molecule has 2 aliphatic carbocycles. The largest absolute Gasteiger partial charge is 0.354 e. The molecule has 7 nitrogen and oxygen atoms in total. The van der Waals surface area contributed by atoms with Gasteiger partial charge in [0, 0.05) is 16.8 Å². The summed E-state index contributed by atoms with van der Waals surface area (Å²) in [5, 5.41) is 7.30. The summed E-state index contributed by atoms with van der Waals surface area (Å²) in [5.74, 6) is 1.59. The van der Waals surface area contributed by atoms with Gasteiger partial charge >= 0.3 is 0 Å². The molecule has 180 valence electrons. The number of ether oxygens (including phenoxy) is 1. The lowest BCUT2D eigenvalue weighted by Crippen LogP contribution is -2.44. The van der Waals surface area contributed by atoms with Gasteiger partial charge in [0.05, 0.1) is 24.6 Å². The van der Waals surface area contributed by atoms with Crippen LogP contribution >= 0.6 is 0 Å². The molecule has 2 heterocycles. The number of halogens is 1. The molecule has 3 N–H and O–H groups in total. The molecule has 4 rings (SSSR count). The maximum atomic E-state index is 15.1. The van der Waals surface area contributed by atoms with Crippen LogP contribution in [-0.4, -0.2) is 45.3 Å². The van der Waals surface area contributed by atoms with Crippen molar-refractivity contribution in [2.75, 3.05) is 23.9 Å².